The van der Waals surface area contributed by atoms with Crippen molar-refractivity contribution in [2.24, 2.45) is 0 Å². The van der Waals surface area contributed by atoms with Crippen molar-refractivity contribution in [3.8, 4) is 17.2 Å². The molecule has 8 nitrogen and oxygen atoms in total. The normalized spacial score (nSPS) is 20.3. The van der Waals surface area contributed by atoms with E-state index in [1.807, 2.05) is 81.4 Å². The number of aromatic nitrogens is 1. The first kappa shape index (κ1) is 26.7. The molecule has 0 unspecified atom stereocenters. The Morgan fingerprint density at radius 2 is 1.73 bits per heavy atom. The third-order valence-electron chi connectivity index (χ3n) is 8.30. The molecule has 41 heavy (non-hydrogen) atoms. The molecule has 0 bridgehead atoms. The largest absolute Gasteiger partial charge is 0.497 e. The Hall–Kier alpha value is -4.46. The third kappa shape index (κ3) is 4.38. The topological polar surface area (TPSA) is 84.1 Å². The van der Waals surface area contributed by atoms with Crippen molar-refractivity contribution < 1.29 is 23.8 Å². The molecule has 1 saturated heterocycles. The van der Waals surface area contributed by atoms with E-state index < -0.39 is 5.54 Å². The molecular weight excluding hydrogens is 518 g/mol. The summed E-state index contributed by atoms with van der Waals surface area (Å²) in [6, 6.07) is 21.6. The van der Waals surface area contributed by atoms with Gasteiger partial charge < -0.3 is 29.0 Å². The highest BCUT2D eigenvalue weighted by Crippen LogP contribution is 2.49. The summed E-state index contributed by atoms with van der Waals surface area (Å²) in [7, 11) is 3.25. The second-order valence-corrected chi connectivity index (χ2v) is 11.2. The van der Waals surface area contributed by atoms with Gasteiger partial charge in [0.05, 0.1) is 26.0 Å². The summed E-state index contributed by atoms with van der Waals surface area (Å²) in [5.74, 6) is 1.71. The summed E-state index contributed by atoms with van der Waals surface area (Å²) in [5, 5.41) is 1.04. The maximum absolute atomic E-state index is 14.3. The molecule has 8 heteroatoms. The molecule has 6 rings (SSSR count). The number of para-hydroxylation sites is 1. The zero-order chi connectivity index (χ0) is 28.9. The van der Waals surface area contributed by atoms with E-state index in [-0.39, 0.29) is 30.4 Å². The number of fused-ring (bicyclic) bond motifs is 5. The highest BCUT2D eigenvalue weighted by atomic mass is 16.5. The van der Waals surface area contributed by atoms with E-state index in [4.69, 9.17) is 14.2 Å². The van der Waals surface area contributed by atoms with Crippen LogP contribution in [0.1, 0.15) is 49.1 Å². The lowest BCUT2D eigenvalue weighted by molar-refractivity contribution is -0.166. The van der Waals surface area contributed by atoms with Crippen LogP contribution in [0.5, 0.6) is 17.2 Å². The second kappa shape index (κ2) is 10.2. The molecule has 1 aromatic heterocycles. The van der Waals surface area contributed by atoms with Gasteiger partial charge in [0.2, 0.25) is 5.91 Å². The molecule has 3 heterocycles. The van der Waals surface area contributed by atoms with Gasteiger partial charge in [-0.05, 0) is 67.8 Å². The van der Waals surface area contributed by atoms with Gasteiger partial charge in [-0.3, -0.25) is 9.59 Å². The lowest BCUT2D eigenvalue weighted by Gasteiger charge is -2.51. The number of hydrogen-bond donors (Lipinski definition) is 1. The highest BCUT2D eigenvalue weighted by Gasteiger charge is 2.56. The Morgan fingerprint density at radius 1 is 0.976 bits per heavy atom. The van der Waals surface area contributed by atoms with Gasteiger partial charge in [0, 0.05) is 29.9 Å². The number of piperazine rings is 1. The SMILES string of the molecule is COc1ccc(CN2CC(=O)N3C[C@@H](c4ccc(OC(C)C)c(OC)c4)c4c([nH]c5ccccc45)[C@@]3(C)C2=O)cc1. The van der Waals surface area contributed by atoms with Crippen LogP contribution in [-0.2, 0) is 21.7 Å². The third-order valence-corrected chi connectivity index (χ3v) is 8.30. The number of hydrogen-bond acceptors (Lipinski definition) is 5. The molecule has 0 saturated carbocycles. The lowest BCUT2D eigenvalue weighted by Crippen LogP contribution is -2.67. The molecule has 1 fully saturated rings. The first-order chi connectivity index (χ1) is 19.7. The molecule has 0 aliphatic carbocycles. The molecule has 0 spiro atoms. The summed E-state index contributed by atoms with van der Waals surface area (Å²) in [5.41, 5.74) is 3.49. The number of nitrogens with one attached hydrogen (secondary N) is 1. The van der Waals surface area contributed by atoms with Crippen molar-refractivity contribution in [3.63, 3.8) is 0 Å². The van der Waals surface area contributed by atoms with Crippen molar-refractivity contribution in [2.45, 2.75) is 44.9 Å². The first-order valence-electron chi connectivity index (χ1n) is 13.9. The number of rotatable bonds is 7. The molecule has 0 radical (unpaired) electrons. The average molecular weight is 554 g/mol. The van der Waals surface area contributed by atoms with E-state index in [1.54, 1.807) is 24.0 Å². The van der Waals surface area contributed by atoms with Crippen LogP contribution in [0.25, 0.3) is 10.9 Å². The number of methoxy groups -OCH3 is 2. The van der Waals surface area contributed by atoms with Crippen LogP contribution in [0.3, 0.4) is 0 Å². The van der Waals surface area contributed by atoms with Crippen molar-refractivity contribution >= 4 is 22.7 Å². The number of nitrogens with zero attached hydrogens (tertiary/aromatic N) is 2. The van der Waals surface area contributed by atoms with Gasteiger partial charge >= 0.3 is 0 Å². The van der Waals surface area contributed by atoms with Crippen LogP contribution in [0.15, 0.2) is 66.7 Å². The minimum Gasteiger partial charge on any atom is -0.497 e. The van der Waals surface area contributed by atoms with Gasteiger partial charge in [-0.1, -0.05) is 36.4 Å². The zero-order valence-electron chi connectivity index (χ0n) is 24.1. The van der Waals surface area contributed by atoms with E-state index in [2.05, 4.69) is 11.1 Å². The van der Waals surface area contributed by atoms with Gasteiger partial charge in [0.1, 0.15) is 12.3 Å². The zero-order valence-corrected chi connectivity index (χ0v) is 24.1. The fourth-order valence-electron chi connectivity index (χ4n) is 6.31. The van der Waals surface area contributed by atoms with Gasteiger partial charge in [-0.15, -0.1) is 0 Å². The van der Waals surface area contributed by atoms with Gasteiger partial charge in [0.15, 0.2) is 17.0 Å². The van der Waals surface area contributed by atoms with E-state index in [0.29, 0.717) is 24.6 Å². The minimum atomic E-state index is -1.17. The predicted octanol–water partition coefficient (Wildman–Crippen LogP) is 5.20. The fraction of sp³-hybridized carbons (Fsp3) is 0.333. The van der Waals surface area contributed by atoms with Crippen LogP contribution >= 0.6 is 0 Å². The number of H-pyrrole nitrogens is 1. The standard InChI is InChI=1S/C33H35N3O5/c1-20(2)41-27-15-12-22(16-28(27)40-5)25-18-36-29(37)19-35(17-21-10-13-23(39-4)14-11-21)32(38)33(36,3)31-30(25)24-8-6-7-9-26(24)34-31/h6-16,20,25,34H,17-19H2,1-5H3/t25-,33-/m0/s1. The molecule has 4 aromatic rings. The molecular formula is C33H35N3O5. The van der Waals surface area contributed by atoms with Crippen LogP contribution < -0.4 is 14.2 Å². The maximum atomic E-state index is 14.3. The Bertz CT molecular complexity index is 1630. The number of amides is 2. The Kier molecular flexibility index (Phi) is 6.64. The van der Waals surface area contributed by atoms with Crippen molar-refractivity contribution in [1.29, 1.82) is 0 Å². The minimum absolute atomic E-state index is 0.00297. The fourth-order valence-corrected chi connectivity index (χ4v) is 6.31. The van der Waals surface area contributed by atoms with Gasteiger partial charge in [-0.25, -0.2) is 0 Å². The van der Waals surface area contributed by atoms with E-state index >= 15 is 0 Å². The highest BCUT2D eigenvalue weighted by molar-refractivity contribution is 6.01. The van der Waals surface area contributed by atoms with Crippen molar-refractivity contribution in [3.05, 3.63) is 89.1 Å². The molecule has 2 amide bonds. The number of carbonyl (C=O) groups is 2. The number of aromatic amines is 1. The molecule has 2 aliphatic heterocycles. The van der Waals surface area contributed by atoms with E-state index in [1.165, 1.54) is 0 Å². The van der Waals surface area contributed by atoms with Crippen LogP contribution in [0, 0.1) is 0 Å². The molecule has 1 N–H and O–H groups in total. The van der Waals surface area contributed by atoms with Crippen molar-refractivity contribution in [1.82, 2.24) is 14.8 Å². The summed E-state index contributed by atoms with van der Waals surface area (Å²) in [6.07, 6.45) is 0.00297. The van der Waals surface area contributed by atoms with Gasteiger partial charge in [-0.2, -0.15) is 0 Å². The first-order valence-corrected chi connectivity index (χ1v) is 13.9. The molecule has 212 valence electrons. The van der Waals surface area contributed by atoms with Gasteiger partial charge in [0.25, 0.3) is 5.91 Å². The Labute approximate surface area is 239 Å². The number of benzene rings is 3. The maximum Gasteiger partial charge on any atom is 0.255 e. The smallest absolute Gasteiger partial charge is 0.255 e. The van der Waals surface area contributed by atoms with Crippen LogP contribution in [-0.4, -0.2) is 60.0 Å². The summed E-state index contributed by atoms with van der Waals surface area (Å²) < 4.78 is 16.9. The quantitative estimate of drug-likeness (QED) is 0.340. The van der Waals surface area contributed by atoms with Crippen LogP contribution in [0.4, 0.5) is 0 Å². The molecule has 3 aromatic carbocycles. The summed E-state index contributed by atoms with van der Waals surface area (Å²) in [4.78, 5) is 35.1. The van der Waals surface area contributed by atoms with E-state index in [0.717, 1.165) is 39.0 Å². The molecule has 2 atom stereocenters. The number of ether oxygens (including phenoxy) is 3. The van der Waals surface area contributed by atoms with Crippen LogP contribution in [0.2, 0.25) is 0 Å². The second-order valence-electron chi connectivity index (χ2n) is 11.2. The Balaban J connectivity index is 1.45. The predicted molar refractivity (Wildman–Crippen MR) is 156 cm³/mol. The number of carbonyl (C=O) groups excluding carboxylic acids is 2. The average Bonchev–Trinajstić information content (AvgIpc) is 3.37. The molecule has 2 aliphatic rings. The monoisotopic (exact) mass is 553 g/mol. The van der Waals surface area contributed by atoms with Crippen molar-refractivity contribution in [2.75, 3.05) is 27.3 Å². The lowest BCUT2D eigenvalue weighted by atomic mass is 9.76. The summed E-state index contributed by atoms with van der Waals surface area (Å²) >= 11 is 0. The Morgan fingerprint density at radius 3 is 2.44 bits per heavy atom. The summed E-state index contributed by atoms with van der Waals surface area (Å²) in [6.45, 7) is 6.56. The van der Waals surface area contributed by atoms with E-state index in [9.17, 15) is 9.59 Å².